The Morgan fingerprint density at radius 3 is 1.80 bits per heavy atom. The molecule has 172 valence electrons. The van der Waals surface area contributed by atoms with E-state index in [9.17, 15) is 0 Å². The van der Waals surface area contributed by atoms with Crippen LogP contribution in [0.1, 0.15) is 11.1 Å². The summed E-state index contributed by atoms with van der Waals surface area (Å²) >= 11 is 0. The second-order valence-electron chi connectivity index (χ2n) is 9.15. The van der Waals surface area contributed by atoms with Crippen LogP contribution in [0.2, 0.25) is 0 Å². The zero-order valence-corrected chi connectivity index (χ0v) is 20.4. The molecule has 2 heterocycles. The molecule has 0 unspecified atom stereocenters. The molecule has 0 saturated heterocycles. The lowest BCUT2D eigenvalue weighted by Gasteiger charge is -2.41. The van der Waals surface area contributed by atoms with Gasteiger partial charge in [-0.2, -0.15) is 0 Å². The third-order valence-electron chi connectivity index (χ3n) is 6.89. The number of aryl methyl sites for hydroxylation is 2. The minimum atomic E-state index is -0.913. The molecule has 0 aliphatic carbocycles. The molecule has 6 heteroatoms. The smallest absolute Gasteiger partial charge is 0.228 e. The van der Waals surface area contributed by atoms with Gasteiger partial charge in [0.1, 0.15) is 0 Å². The van der Waals surface area contributed by atoms with Crippen molar-refractivity contribution in [2.45, 2.75) is 19.8 Å². The average molecular weight is 461 g/mol. The van der Waals surface area contributed by atoms with Crippen molar-refractivity contribution in [3.05, 3.63) is 108 Å². The van der Waals surface area contributed by atoms with Crippen LogP contribution in [-0.4, -0.2) is 29.4 Å². The molecule has 35 heavy (non-hydrogen) atoms. The number of hydrogen-bond acceptors (Lipinski definition) is 4. The van der Waals surface area contributed by atoms with Gasteiger partial charge in [-0.05, 0) is 43.2 Å². The number of hydrogen-bond donors (Lipinski definition) is 0. The molecule has 0 fully saturated rings. The summed E-state index contributed by atoms with van der Waals surface area (Å²) in [5, 5.41) is 10.5. The topological polar surface area (TPSA) is 37.2 Å². The Hall–Kier alpha value is -4.32. The van der Waals surface area contributed by atoms with Crippen LogP contribution in [0.25, 0.3) is 0 Å². The van der Waals surface area contributed by atoms with Crippen molar-refractivity contribution in [2.24, 2.45) is 10.2 Å². The predicted octanol–water partition coefficient (Wildman–Crippen LogP) is 7.37. The zero-order valence-electron chi connectivity index (χ0n) is 20.4. The molecule has 0 amide bonds. The van der Waals surface area contributed by atoms with Crippen molar-refractivity contribution < 1.29 is 9.39 Å². The van der Waals surface area contributed by atoms with Gasteiger partial charge < -0.3 is 0 Å². The van der Waals surface area contributed by atoms with Gasteiger partial charge >= 0.3 is 5.91 Å². The fraction of sp³-hybridized carbons (Fsp3) is 0.172. The van der Waals surface area contributed by atoms with E-state index < -0.39 is 5.91 Å². The van der Waals surface area contributed by atoms with Gasteiger partial charge in [-0.15, -0.1) is 0 Å². The highest BCUT2D eigenvalue weighted by Gasteiger charge is 2.70. The molecule has 0 bridgehead atoms. The number of benzene rings is 4. The Kier molecular flexibility index (Phi) is 4.78. The molecule has 0 saturated carbocycles. The molecule has 2 aliphatic rings. The Morgan fingerprint density at radius 2 is 1.17 bits per heavy atom. The lowest BCUT2D eigenvalue weighted by molar-refractivity contribution is -0.815. The summed E-state index contributed by atoms with van der Waals surface area (Å²) in [5.74, 6) is -0.913. The lowest BCUT2D eigenvalue weighted by Crippen LogP contribution is -2.71. The van der Waals surface area contributed by atoms with E-state index in [1.807, 2.05) is 18.2 Å². The van der Waals surface area contributed by atoms with E-state index in [4.69, 9.17) is 10.2 Å². The first kappa shape index (κ1) is 21.2. The molecule has 1 atom stereocenters. The fourth-order valence-electron chi connectivity index (χ4n) is 5.43. The Labute approximate surface area is 205 Å². The van der Waals surface area contributed by atoms with Crippen LogP contribution < -0.4 is 9.80 Å². The maximum Gasteiger partial charge on any atom is 0.590 e. The molecule has 4 aromatic carbocycles. The number of azo groups is 4. The number of fused-ring (bicyclic) bond motifs is 2. The van der Waals surface area contributed by atoms with Crippen molar-refractivity contribution in [1.82, 2.24) is 0 Å². The van der Waals surface area contributed by atoms with Gasteiger partial charge in [-0.25, -0.2) is 9.80 Å². The van der Waals surface area contributed by atoms with Gasteiger partial charge in [0.2, 0.25) is 11.4 Å². The summed E-state index contributed by atoms with van der Waals surface area (Å²) in [4.78, 5) is 4.59. The molecule has 6 nitrogen and oxygen atoms in total. The minimum Gasteiger partial charge on any atom is -0.228 e. The van der Waals surface area contributed by atoms with Crippen molar-refractivity contribution in [3.8, 4) is 0 Å². The molecule has 0 radical (unpaired) electrons. The molecular formula is C29H28N6+2. The largest absolute Gasteiger partial charge is 0.590 e. The fourth-order valence-corrected chi connectivity index (χ4v) is 5.43. The first-order valence-corrected chi connectivity index (χ1v) is 11.8. The third-order valence-corrected chi connectivity index (χ3v) is 6.89. The van der Waals surface area contributed by atoms with Crippen LogP contribution in [-0.2, 0) is 0 Å². The first-order valence-electron chi connectivity index (χ1n) is 11.8. The molecule has 4 aromatic rings. The summed E-state index contributed by atoms with van der Waals surface area (Å²) in [6.45, 7) is 4.28. The van der Waals surface area contributed by atoms with Gasteiger partial charge in [-0.3, -0.25) is 0 Å². The van der Waals surface area contributed by atoms with Crippen LogP contribution in [0, 0.1) is 13.8 Å². The number of anilines is 2. The molecule has 0 aromatic heterocycles. The maximum atomic E-state index is 5.31. The summed E-state index contributed by atoms with van der Waals surface area (Å²) in [7, 11) is 4.27. The zero-order chi connectivity index (χ0) is 24.2. The quantitative estimate of drug-likeness (QED) is 0.293. The Bertz CT molecular complexity index is 1490. The van der Waals surface area contributed by atoms with E-state index in [0.717, 1.165) is 34.1 Å². The van der Waals surface area contributed by atoms with E-state index >= 15 is 0 Å². The van der Waals surface area contributed by atoms with Crippen LogP contribution >= 0.6 is 0 Å². The van der Waals surface area contributed by atoms with Gasteiger partial charge in [0.05, 0.1) is 11.4 Å². The van der Waals surface area contributed by atoms with Gasteiger partial charge in [-0.1, -0.05) is 54.6 Å². The van der Waals surface area contributed by atoms with Gasteiger partial charge in [0.25, 0.3) is 0 Å². The summed E-state index contributed by atoms with van der Waals surface area (Å²) in [6.07, 6.45) is 0. The highest BCUT2D eigenvalue weighted by Crippen LogP contribution is 2.50. The summed E-state index contributed by atoms with van der Waals surface area (Å²) in [5.41, 5.74) is 8.31. The van der Waals surface area contributed by atoms with E-state index in [1.54, 1.807) is 0 Å². The number of para-hydroxylation sites is 3. The molecule has 1 spiro atoms. The molecular weight excluding hydrogens is 432 g/mol. The SMILES string of the molecule is Cc1cc(C)c2c(c1)N=[N+](c1ccccc1)[C@@]1(N(C)c3ccccc3N=[N+]1c1ccccc1)N2C. The first-order chi connectivity index (χ1) is 17.0. The molecule has 0 N–H and O–H groups in total. The Morgan fingerprint density at radius 1 is 0.629 bits per heavy atom. The number of nitrogens with zero attached hydrogens (tertiary/aromatic N) is 6. The summed E-state index contributed by atoms with van der Waals surface area (Å²) in [6, 6.07) is 33.3. The Balaban J connectivity index is 1.76. The van der Waals surface area contributed by atoms with Crippen molar-refractivity contribution >= 4 is 34.1 Å². The number of rotatable bonds is 2. The average Bonchev–Trinajstić information content (AvgIpc) is 2.88. The monoisotopic (exact) mass is 460 g/mol. The second-order valence-corrected chi connectivity index (χ2v) is 9.15. The van der Waals surface area contributed by atoms with E-state index in [2.05, 4.69) is 126 Å². The van der Waals surface area contributed by atoms with Crippen LogP contribution in [0.4, 0.5) is 34.1 Å². The van der Waals surface area contributed by atoms with Crippen molar-refractivity contribution in [2.75, 3.05) is 23.9 Å². The minimum absolute atomic E-state index is 0.913. The van der Waals surface area contributed by atoms with E-state index in [1.165, 1.54) is 11.1 Å². The second kappa shape index (κ2) is 7.87. The molecule has 6 rings (SSSR count). The van der Waals surface area contributed by atoms with Crippen LogP contribution in [0.3, 0.4) is 0 Å². The van der Waals surface area contributed by atoms with E-state index in [0.29, 0.717) is 0 Å². The molecule has 2 aliphatic heterocycles. The van der Waals surface area contributed by atoms with Crippen LogP contribution in [0.5, 0.6) is 0 Å². The highest BCUT2D eigenvalue weighted by molar-refractivity contribution is 5.75. The lowest BCUT2D eigenvalue weighted by atomic mass is 10.1. The van der Waals surface area contributed by atoms with Gasteiger partial charge in [0.15, 0.2) is 11.4 Å². The van der Waals surface area contributed by atoms with Crippen molar-refractivity contribution in [3.63, 3.8) is 0 Å². The van der Waals surface area contributed by atoms with Crippen LogP contribution in [0.15, 0.2) is 107 Å². The summed E-state index contributed by atoms with van der Waals surface area (Å²) < 4.78 is 4.19. The van der Waals surface area contributed by atoms with Crippen molar-refractivity contribution in [1.29, 1.82) is 0 Å². The third kappa shape index (κ3) is 3.03. The standard InChI is InChI=1S/C29H28N6/c1-21-19-22(2)28-26(20-21)31-35(24-15-9-6-10-16-24)29(33(28)4)32(3)27-18-12-11-17-25(27)30-34(29)23-13-7-5-8-14-23/h5-20H,1-4H3/q+2/t29-/m0/s1. The predicted molar refractivity (Wildman–Crippen MR) is 139 cm³/mol. The van der Waals surface area contributed by atoms with Gasteiger partial charge in [0, 0.05) is 58.0 Å². The highest BCUT2D eigenvalue weighted by atomic mass is 15.7. The normalized spacial score (nSPS) is 18.6. The maximum absolute atomic E-state index is 5.31. The van der Waals surface area contributed by atoms with E-state index in [-0.39, 0.29) is 0 Å².